The molecule has 2 atom stereocenters. The van der Waals surface area contributed by atoms with E-state index in [2.05, 4.69) is 28.9 Å². The second-order valence-corrected chi connectivity index (χ2v) is 6.07. The lowest BCUT2D eigenvalue weighted by molar-refractivity contribution is 0.136. The van der Waals surface area contributed by atoms with E-state index >= 15 is 0 Å². The molecule has 0 aliphatic carbocycles. The van der Waals surface area contributed by atoms with Crippen LogP contribution in [-0.2, 0) is 12.8 Å². The predicted molar refractivity (Wildman–Crippen MR) is 88.7 cm³/mol. The summed E-state index contributed by atoms with van der Waals surface area (Å²) in [6, 6.07) is 0. The summed E-state index contributed by atoms with van der Waals surface area (Å²) >= 11 is 5.26. The molecule has 6 heteroatoms. The number of aryl methyl sites for hydroxylation is 1. The Hall–Kier alpha value is -1.27. The number of hydrogen-bond acceptors (Lipinski definition) is 5. The Morgan fingerprint density at radius 3 is 2.62 bits per heavy atom. The van der Waals surface area contributed by atoms with Crippen LogP contribution < -0.4 is 10.6 Å². The van der Waals surface area contributed by atoms with Gasteiger partial charge in [0.2, 0.25) is 0 Å². The first kappa shape index (κ1) is 16.1. The van der Waals surface area contributed by atoms with E-state index in [0.717, 1.165) is 55.0 Å². The molecule has 1 aliphatic heterocycles. The van der Waals surface area contributed by atoms with Gasteiger partial charge in [0.05, 0.1) is 17.4 Å². The van der Waals surface area contributed by atoms with E-state index in [1.807, 2.05) is 6.92 Å². The molecular formula is C15H24N4OS. The van der Waals surface area contributed by atoms with Crippen molar-refractivity contribution < 1.29 is 5.11 Å². The number of nitrogens with zero attached hydrogens (tertiary/aromatic N) is 3. The van der Waals surface area contributed by atoms with E-state index in [9.17, 15) is 5.11 Å². The van der Waals surface area contributed by atoms with Crippen LogP contribution in [0.15, 0.2) is 0 Å². The van der Waals surface area contributed by atoms with Crippen LogP contribution >= 0.6 is 12.2 Å². The molecule has 1 aromatic heterocycles. The standard InChI is InChI=1S/C15H24N4OS/c1-4-11-12(5-2)17-18-15(13(11)14(16)21)19-7-6-10(8-19)9(3)20/h9-10,20H,4-8H2,1-3H3,(H2,16,21). The van der Waals surface area contributed by atoms with Crippen molar-refractivity contribution in [3.8, 4) is 0 Å². The molecular weight excluding hydrogens is 284 g/mol. The van der Waals surface area contributed by atoms with E-state index < -0.39 is 0 Å². The number of rotatable bonds is 5. The van der Waals surface area contributed by atoms with E-state index in [4.69, 9.17) is 18.0 Å². The topological polar surface area (TPSA) is 75.3 Å². The van der Waals surface area contributed by atoms with Crippen molar-refractivity contribution in [2.24, 2.45) is 11.7 Å². The van der Waals surface area contributed by atoms with Gasteiger partial charge in [-0.05, 0) is 31.7 Å². The monoisotopic (exact) mass is 308 g/mol. The van der Waals surface area contributed by atoms with Gasteiger partial charge >= 0.3 is 0 Å². The molecule has 21 heavy (non-hydrogen) atoms. The van der Waals surface area contributed by atoms with Gasteiger partial charge in [0.25, 0.3) is 0 Å². The van der Waals surface area contributed by atoms with Crippen molar-refractivity contribution in [1.29, 1.82) is 0 Å². The van der Waals surface area contributed by atoms with Crippen LogP contribution in [0.3, 0.4) is 0 Å². The SMILES string of the molecule is CCc1nnc(N2CCC(C(C)O)C2)c(C(N)=S)c1CC. The highest BCUT2D eigenvalue weighted by Gasteiger charge is 2.30. The zero-order valence-corrected chi connectivity index (χ0v) is 13.8. The number of nitrogens with two attached hydrogens (primary N) is 1. The molecule has 2 unspecified atom stereocenters. The van der Waals surface area contributed by atoms with Crippen molar-refractivity contribution in [2.75, 3.05) is 18.0 Å². The lowest BCUT2D eigenvalue weighted by atomic mass is 10.0. The lowest BCUT2D eigenvalue weighted by Gasteiger charge is -2.23. The molecule has 1 fully saturated rings. The maximum Gasteiger partial charge on any atom is 0.161 e. The van der Waals surface area contributed by atoms with Crippen LogP contribution in [0.2, 0.25) is 0 Å². The average molecular weight is 308 g/mol. The van der Waals surface area contributed by atoms with Crippen molar-refractivity contribution in [2.45, 2.75) is 46.1 Å². The second-order valence-electron chi connectivity index (χ2n) is 5.63. The molecule has 2 rings (SSSR count). The summed E-state index contributed by atoms with van der Waals surface area (Å²) in [5.41, 5.74) is 8.91. The first-order valence-corrected chi connectivity index (χ1v) is 8.01. The highest BCUT2D eigenvalue weighted by molar-refractivity contribution is 7.80. The van der Waals surface area contributed by atoms with Gasteiger partial charge < -0.3 is 15.7 Å². The van der Waals surface area contributed by atoms with Gasteiger partial charge in [0.15, 0.2) is 5.82 Å². The highest BCUT2D eigenvalue weighted by Crippen LogP contribution is 2.29. The Balaban J connectivity index is 2.42. The molecule has 5 nitrogen and oxygen atoms in total. The lowest BCUT2D eigenvalue weighted by Crippen LogP contribution is -2.29. The smallest absolute Gasteiger partial charge is 0.161 e. The van der Waals surface area contributed by atoms with Crippen LogP contribution in [0.1, 0.15) is 44.0 Å². The molecule has 1 aromatic rings. The largest absolute Gasteiger partial charge is 0.393 e. The van der Waals surface area contributed by atoms with Crippen LogP contribution in [0.5, 0.6) is 0 Å². The van der Waals surface area contributed by atoms with Crippen LogP contribution in [0, 0.1) is 5.92 Å². The zero-order valence-electron chi connectivity index (χ0n) is 13.0. The summed E-state index contributed by atoms with van der Waals surface area (Å²) in [5.74, 6) is 1.04. The molecule has 0 bridgehead atoms. The minimum absolute atomic E-state index is 0.266. The minimum atomic E-state index is -0.309. The molecule has 0 radical (unpaired) electrons. The summed E-state index contributed by atoms with van der Waals surface area (Å²) < 4.78 is 0. The van der Waals surface area contributed by atoms with Gasteiger partial charge in [0.1, 0.15) is 4.99 Å². The fourth-order valence-electron chi connectivity index (χ4n) is 3.02. The fraction of sp³-hybridized carbons (Fsp3) is 0.667. The third-order valence-corrected chi connectivity index (χ3v) is 4.48. The maximum absolute atomic E-state index is 9.77. The molecule has 1 saturated heterocycles. The van der Waals surface area contributed by atoms with Crippen LogP contribution in [0.4, 0.5) is 5.82 Å². The van der Waals surface area contributed by atoms with E-state index in [-0.39, 0.29) is 12.0 Å². The first-order valence-electron chi connectivity index (χ1n) is 7.60. The quantitative estimate of drug-likeness (QED) is 0.802. The molecule has 116 valence electrons. The zero-order chi connectivity index (χ0) is 15.6. The predicted octanol–water partition coefficient (Wildman–Crippen LogP) is 1.44. The van der Waals surface area contributed by atoms with Crippen molar-refractivity contribution in [3.63, 3.8) is 0 Å². The number of hydrogen-bond donors (Lipinski definition) is 2. The molecule has 3 N–H and O–H groups in total. The highest BCUT2D eigenvalue weighted by atomic mass is 32.1. The van der Waals surface area contributed by atoms with Crippen LogP contribution in [0.25, 0.3) is 0 Å². The Bertz CT molecular complexity index is 533. The Morgan fingerprint density at radius 1 is 1.43 bits per heavy atom. The second kappa shape index (κ2) is 6.66. The summed E-state index contributed by atoms with van der Waals surface area (Å²) in [4.78, 5) is 2.53. The maximum atomic E-state index is 9.77. The Labute approximate surface area is 131 Å². The molecule has 0 spiro atoms. The van der Waals surface area contributed by atoms with Gasteiger partial charge in [0, 0.05) is 19.0 Å². The summed E-state index contributed by atoms with van der Waals surface area (Å²) in [7, 11) is 0. The van der Waals surface area contributed by atoms with Crippen LogP contribution in [-0.4, -0.2) is 39.5 Å². The number of aromatic nitrogens is 2. The van der Waals surface area contributed by atoms with E-state index in [0.29, 0.717) is 4.99 Å². The number of anilines is 1. The molecule has 0 saturated carbocycles. The summed E-state index contributed by atoms with van der Waals surface area (Å²) in [6.45, 7) is 7.62. The normalized spacial score (nSPS) is 19.8. The van der Waals surface area contributed by atoms with Gasteiger partial charge in [-0.3, -0.25) is 0 Å². The van der Waals surface area contributed by atoms with E-state index in [1.54, 1.807) is 0 Å². The Kier molecular flexibility index (Phi) is 5.11. The summed E-state index contributed by atoms with van der Waals surface area (Å²) in [5, 5.41) is 18.5. The van der Waals surface area contributed by atoms with E-state index in [1.165, 1.54) is 0 Å². The van der Waals surface area contributed by atoms with Crippen molar-refractivity contribution in [3.05, 3.63) is 16.8 Å². The number of aliphatic hydroxyl groups is 1. The summed E-state index contributed by atoms with van der Waals surface area (Å²) in [6.07, 6.45) is 2.30. The molecule has 1 aliphatic rings. The first-order chi connectivity index (χ1) is 9.99. The van der Waals surface area contributed by atoms with Crippen molar-refractivity contribution in [1.82, 2.24) is 10.2 Å². The Morgan fingerprint density at radius 2 is 2.14 bits per heavy atom. The van der Waals surface area contributed by atoms with Gasteiger partial charge in [-0.1, -0.05) is 26.1 Å². The van der Waals surface area contributed by atoms with Gasteiger partial charge in [-0.25, -0.2) is 0 Å². The van der Waals surface area contributed by atoms with Crippen molar-refractivity contribution >= 4 is 23.0 Å². The minimum Gasteiger partial charge on any atom is -0.393 e. The number of thiocarbonyl (C=S) groups is 1. The van der Waals surface area contributed by atoms with Gasteiger partial charge in [-0.2, -0.15) is 5.10 Å². The third kappa shape index (κ3) is 3.16. The third-order valence-electron chi connectivity index (χ3n) is 4.28. The van der Waals surface area contributed by atoms with Gasteiger partial charge in [-0.15, -0.1) is 5.10 Å². The average Bonchev–Trinajstić information content (AvgIpc) is 2.95. The molecule has 0 amide bonds. The molecule has 2 heterocycles. The number of aliphatic hydroxyl groups excluding tert-OH is 1. The fourth-order valence-corrected chi connectivity index (χ4v) is 3.23. The molecule has 0 aromatic carbocycles.